The third kappa shape index (κ3) is 13.5. The van der Waals surface area contributed by atoms with Gasteiger partial charge in [-0.25, -0.2) is 33.1 Å². The van der Waals surface area contributed by atoms with E-state index in [-0.39, 0.29) is 30.6 Å². The standard InChI is InChI=1S/C20H20FN5O3.C11H16N2O2.C9H6FN3O2/c1-25(2)20(28)29-12-11-26(14-7-4-3-5-8-14)17(27)13-16(21)18-15-9-6-10-22-19(15)24-23-18;1-13(2)11(14)15-9-8-12-10-6-4-3-5-7-10;10-6(4-7(14)15)8-5-2-1-3-11-9(5)13-12-8/h3-10,13H,11-12H2,1-2H3,(H,22,23,24);3-7,12H,8-9H2,1-2H3;1-4H,(H,14,15)(H,11,12,13)/b16-13-;;6-4-. The monoisotopic (exact) mass is 812 g/mol. The van der Waals surface area contributed by atoms with Crippen molar-refractivity contribution in [1.82, 2.24) is 40.2 Å². The minimum Gasteiger partial charge on any atom is -0.478 e. The number of aromatic amines is 2. The molecule has 4 heterocycles. The summed E-state index contributed by atoms with van der Waals surface area (Å²) in [6, 6.07) is 25.1. The van der Waals surface area contributed by atoms with Crippen molar-refractivity contribution in [2.75, 3.05) is 64.7 Å². The van der Waals surface area contributed by atoms with Crippen LogP contribution in [0.5, 0.6) is 0 Å². The van der Waals surface area contributed by atoms with Crippen molar-refractivity contribution in [3.8, 4) is 0 Å². The zero-order valence-corrected chi connectivity index (χ0v) is 32.5. The maximum atomic E-state index is 14.8. The molecule has 0 aliphatic heterocycles. The molecule has 0 aliphatic carbocycles. The number of H-pyrrole nitrogens is 2. The predicted molar refractivity (Wildman–Crippen MR) is 217 cm³/mol. The number of carboxylic acids is 1. The molecule has 4 aromatic heterocycles. The van der Waals surface area contributed by atoms with Gasteiger partial charge in [0, 0.05) is 75.4 Å². The summed E-state index contributed by atoms with van der Waals surface area (Å²) in [5.74, 6) is -3.59. The first kappa shape index (κ1) is 44.0. The van der Waals surface area contributed by atoms with Gasteiger partial charge in [0.15, 0.2) is 22.9 Å². The number of hydrogen-bond donors (Lipinski definition) is 4. The second-order valence-electron chi connectivity index (χ2n) is 12.4. The molecule has 0 aliphatic rings. The quantitative estimate of drug-likeness (QED) is 0.0810. The average Bonchev–Trinajstić information content (AvgIpc) is 3.87. The number of carboxylic acid groups (broad SMARTS) is 1. The molecule has 4 N–H and O–H groups in total. The molecule has 0 saturated heterocycles. The third-order valence-corrected chi connectivity index (χ3v) is 7.67. The van der Waals surface area contributed by atoms with Gasteiger partial charge < -0.3 is 34.6 Å². The zero-order valence-electron chi connectivity index (χ0n) is 32.5. The molecule has 59 heavy (non-hydrogen) atoms. The number of benzene rings is 2. The number of pyridine rings is 2. The summed E-state index contributed by atoms with van der Waals surface area (Å²) in [5, 5.41) is 25.1. The Bertz CT molecular complexity index is 2370. The molecule has 3 amide bonds. The minimum absolute atomic E-state index is 0.0282. The molecule has 0 saturated carbocycles. The van der Waals surface area contributed by atoms with Crippen LogP contribution in [-0.2, 0) is 19.1 Å². The van der Waals surface area contributed by atoms with Crippen LogP contribution in [0.15, 0.2) is 109 Å². The van der Waals surface area contributed by atoms with Crippen molar-refractivity contribution in [2.45, 2.75) is 0 Å². The van der Waals surface area contributed by atoms with Crippen LogP contribution in [0, 0.1) is 0 Å². The summed E-state index contributed by atoms with van der Waals surface area (Å²) in [5.41, 5.74) is 2.39. The Labute approximate surface area is 336 Å². The lowest BCUT2D eigenvalue weighted by Crippen LogP contribution is -2.34. The Morgan fingerprint density at radius 2 is 1.19 bits per heavy atom. The highest BCUT2D eigenvalue weighted by molar-refractivity contribution is 6.06. The number of nitrogens with zero attached hydrogens (tertiary/aromatic N) is 7. The van der Waals surface area contributed by atoms with E-state index in [1.54, 1.807) is 89.0 Å². The second kappa shape index (κ2) is 22.1. The maximum Gasteiger partial charge on any atom is 0.409 e. The molecule has 0 radical (unpaired) electrons. The van der Waals surface area contributed by atoms with Crippen molar-refractivity contribution in [3.63, 3.8) is 0 Å². The Morgan fingerprint density at radius 1 is 0.695 bits per heavy atom. The summed E-state index contributed by atoms with van der Waals surface area (Å²) in [7, 11) is 6.44. The number of halogens is 2. The lowest BCUT2D eigenvalue weighted by molar-refractivity contribution is -0.131. The lowest BCUT2D eigenvalue weighted by Gasteiger charge is -2.22. The molecule has 19 heteroatoms. The molecule has 0 fully saturated rings. The van der Waals surface area contributed by atoms with Gasteiger partial charge in [0.1, 0.15) is 24.6 Å². The van der Waals surface area contributed by atoms with E-state index in [9.17, 15) is 28.0 Å². The topological polar surface area (TPSA) is 212 Å². The lowest BCUT2D eigenvalue weighted by atomic mass is 10.2. The fourth-order valence-corrected chi connectivity index (χ4v) is 4.85. The van der Waals surface area contributed by atoms with Gasteiger partial charge in [0.2, 0.25) is 0 Å². The van der Waals surface area contributed by atoms with Gasteiger partial charge in [0.05, 0.1) is 12.6 Å². The fourth-order valence-electron chi connectivity index (χ4n) is 4.85. The van der Waals surface area contributed by atoms with Gasteiger partial charge in [-0.1, -0.05) is 36.4 Å². The number of hydrogen-bond acceptors (Lipinski definition) is 11. The van der Waals surface area contributed by atoms with Crippen LogP contribution in [0.4, 0.5) is 29.7 Å². The number of carbonyl (C=O) groups excluding carboxylic acids is 3. The third-order valence-electron chi connectivity index (χ3n) is 7.67. The maximum absolute atomic E-state index is 14.8. The first-order valence-electron chi connectivity index (χ1n) is 17.8. The number of amides is 3. The number of ether oxygens (including phenoxy) is 2. The molecule has 6 rings (SSSR count). The van der Waals surface area contributed by atoms with Crippen molar-refractivity contribution in [1.29, 1.82) is 0 Å². The van der Waals surface area contributed by atoms with E-state index in [0.29, 0.717) is 47.0 Å². The Balaban J connectivity index is 0.000000215. The highest BCUT2D eigenvalue weighted by Crippen LogP contribution is 2.24. The second-order valence-corrected chi connectivity index (χ2v) is 12.4. The predicted octanol–water partition coefficient (Wildman–Crippen LogP) is 6.15. The normalized spacial score (nSPS) is 11.0. The van der Waals surface area contributed by atoms with Crippen molar-refractivity contribution >= 4 is 69.2 Å². The van der Waals surface area contributed by atoms with E-state index < -0.39 is 29.6 Å². The van der Waals surface area contributed by atoms with E-state index >= 15 is 0 Å². The summed E-state index contributed by atoms with van der Waals surface area (Å²) >= 11 is 0. The molecular formula is C40H42F2N10O7. The van der Waals surface area contributed by atoms with Crippen LogP contribution in [-0.4, -0.2) is 124 Å². The van der Waals surface area contributed by atoms with Gasteiger partial charge >= 0.3 is 18.2 Å². The van der Waals surface area contributed by atoms with Crippen LogP contribution in [0.1, 0.15) is 11.4 Å². The molecule has 0 atom stereocenters. The number of aromatic nitrogens is 6. The number of aliphatic carboxylic acids is 1. The number of anilines is 2. The Kier molecular flexibility index (Phi) is 16.5. The first-order chi connectivity index (χ1) is 28.3. The zero-order chi connectivity index (χ0) is 42.7. The van der Waals surface area contributed by atoms with Gasteiger partial charge in [-0.15, -0.1) is 0 Å². The molecule has 0 spiro atoms. The minimum atomic E-state index is -1.35. The van der Waals surface area contributed by atoms with Gasteiger partial charge in [-0.3, -0.25) is 15.0 Å². The summed E-state index contributed by atoms with van der Waals surface area (Å²) in [4.78, 5) is 57.6. The molecule has 2 aromatic carbocycles. The van der Waals surface area contributed by atoms with E-state index in [0.717, 1.165) is 11.8 Å². The summed E-state index contributed by atoms with van der Waals surface area (Å²) < 4.78 is 38.2. The van der Waals surface area contributed by atoms with E-state index in [1.165, 1.54) is 20.9 Å². The van der Waals surface area contributed by atoms with Gasteiger partial charge in [0.25, 0.3) is 5.91 Å². The smallest absolute Gasteiger partial charge is 0.409 e. The molecule has 6 aromatic rings. The Hall–Kier alpha value is -7.70. The van der Waals surface area contributed by atoms with Gasteiger partial charge in [-0.05, 0) is 48.5 Å². The molecule has 0 bridgehead atoms. The highest BCUT2D eigenvalue weighted by Gasteiger charge is 2.19. The van der Waals surface area contributed by atoms with E-state index in [4.69, 9.17) is 14.6 Å². The number of carbonyl (C=O) groups is 4. The van der Waals surface area contributed by atoms with Gasteiger partial charge in [-0.2, -0.15) is 10.2 Å². The SMILES string of the molecule is CN(C)C(=O)OCCN(C(=O)/C=C(\F)c1[nH]nc2ncccc12)c1ccccc1.CN(C)C(=O)OCCNc1ccccc1.O=C(O)/C=C(\F)c1[nH]nc2ncccc12. The molecular weight excluding hydrogens is 770 g/mol. The largest absolute Gasteiger partial charge is 0.478 e. The summed E-state index contributed by atoms with van der Waals surface area (Å²) in [6.07, 6.45) is 3.58. The van der Waals surface area contributed by atoms with Crippen molar-refractivity contribution < 1.29 is 42.5 Å². The molecule has 17 nitrogen and oxygen atoms in total. The van der Waals surface area contributed by atoms with Crippen molar-refractivity contribution in [3.05, 3.63) is 121 Å². The number of fused-ring (bicyclic) bond motifs is 2. The van der Waals surface area contributed by atoms with Crippen LogP contribution in [0.25, 0.3) is 33.7 Å². The van der Waals surface area contributed by atoms with Crippen molar-refractivity contribution in [2.24, 2.45) is 0 Å². The van der Waals surface area contributed by atoms with Crippen LogP contribution in [0.3, 0.4) is 0 Å². The fraction of sp³-hybridized carbons (Fsp3) is 0.200. The Morgan fingerprint density at radius 3 is 1.69 bits per heavy atom. The number of para-hydroxylation sites is 2. The van der Waals surface area contributed by atoms with Crippen LogP contribution in [0.2, 0.25) is 0 Å². The van der Waals surface area contributed by atoms with E-state index in [1.807, 2.05) is 30.3 Å². The highest BCUT2D eigenvalue weighted by atomic mass is 19.1. The number of rotatable bonds is 12. The van der Waals surface area contributed by atoms with Crippen LogP contribution >= 0.6 is 0 Å². The molecule has 0 unspecified atom stereocenters. The molecule has 308 valence electrons. The summed E-state index contributed by atoms with van der Waals surface area (Å²) in [6.45, 7) is 1.01. The number of nitrogens with one attached hydrogen (secondary N) is 3. The van der Waals surface area contributed by atoms with E-state index in [2.05, 4.69) is 35.7 Å². The average molecular weight is 813 g/mol. The first-order valence-corrected chi connectivity index (χ1v) is 17.8. The van der Waals surface area contributed by atoms with Crippen LogP contribution < -0.4 is 10.2 Å².